The van der Waals surface area contributed by atoms with Crippen molar-refractivity contribution in [2.24, 2.45) is 0 Å². The highest BCUT2D eigenvalue weighted by atomic mass is 35.5. The SMILES string of the molecule is CCNC(c1ccc2cccnc2c1)c1sccc1Cl. The summed E-state index contributed by atoms with van der Waals surface area (Å²) in [7, 11) is 0. The van der Waals surface area contributed by atoms with Gasteiger partial charge in [-0.3, -0.25) is 4.98 Å². The number of pyridine rings is 1. The van der Waals surface area contributed by atoms with Crippen molar-refractivity contribution in [2.75, 3.05) is 6.54 Å². The second kappa shape index (κ2) is 5.92. The van der Waals surface area contributed by atoms with Crippen molar-refractivity contribution in [1.29, 1.82) is 0 Å². The van der Waals surface area contributed by atoms with Crippen LogP contribution in [-0.2, 0) is 0 Å². The molecule has 0 spiro atoms. The van der Waals surface area contributed by atoms with E-state index in [4.69, 9.17) is 11.6 Å². The summed E-state index contributed by atoms with van der Waals surface area (Å²) in [6.07, 6.45) is 1.83. The molecule has 1 unspecified atom stereocenters. The van der Waals surface area contributed by atoms with Crippen LogP contribution in [0.2, 0.25) is 5.02 Å². The minimum atomic E-state index is 0.124. The van der Waals surface area contributed by atoms with Gasteiger partial charge in [0.25, 0.3) is 0 Å². The van der Waals surface area contributed by atoms with Gasteiger partial charge >= 0.3 is 0 Å². The number of thiophene rings is 1. The maximum absolute atomic E-state index is 6.29. The summed E-state index contributed by atoms with van der Waals surface area (Å²) >= 11 is 7.98. The molecule has 2 aromatic heterocycles. The Morgan fingerprint density at radius 2 is 2.20 bits per heavy atom. The lowest BCUT2D eigenvalue weighted by atomic mass is 10.0. The molecule has 4 heteroatoms. The van der Waals surface area contributed by atoms with Gasteiger partial charge in [-0.05, 0) is 35.7 Å². The third-order valence-electron chi connectivity index (χ3n) is 3.28. The zero-order valence-corrected chi connectivity index (χ0v) is 12.7. The van der Waals surface area contributed by atoms with E-state index in [2.05, 4.69) is 41.5 Å². The molecule has 20 heavy (non-hydrogen) atoms. The average molecular weight is 303 g/mol. The number of aromatic nitrogens is 1. The molecule has 0 radical (unpaired) electrons. The lowest BCUT2D eigenvalue weighted by Crippen LogP contribution is -2.21. The van der Waals surface area contributed by atoms with Crippen molar-refractivity contribution in [1.82, 2.24) is 10.3 Å². The highest BCUT2D eigenvalue weighted by Crippen LogP contribution is 2.33. The van der Waals surface area contributed by atoms with Crippen molar-refractivity contribution < 1.29 is 0 Å². The molecular formula is C16H15ClN2S. The van der Waals surface area contributed by atoms with E-state index in [1.54, 1.807) is 11.3 Å². The molecule has 0 aliphatic carbocycles. The van der Waals surface area contributed by atoms with Crippen molar-refractivity contribution in [3.63, 3.8) is 0 Å². The van der Waals surface area contributed by atoms with Gasteiger partial charge in [-0.1, -0.05) is 36.7 Å². The number of hydrogen-bond acceptors (Lipinski definition) is 3. The minimum absolute atomic E-state index is 0.124. The van der Waals surface area contributed by atoms with Gasteiger partial charge in [0, 0.05) is 16.5 Å². The van der Waals surface area contributed by atoms with Crippen LogP contribution in [0.5, 0.6) is 0 Å². The summed E-state index contributed by atoms with van der Waals surface area (Å²) in [4.78, 5) is 5.59. The second-order valence-corrected chi connectivity index (χ2v) is 5.93. The first kappa shape index (κ1) is 13.6. The quantitative estimate of drug-likeness (QED) is 0.759. The van der Waals surface area contributed by atoms with E-state index >= 15 is 0 Å². The van der Waals surface area contributed by atoms with Crippen LogP contribution in [0.1, 0.15) is 23.4 Å². The number of benzene rings is 1. The summed E-state index contributed by atoms with van der Waals surface area (Å²) in [5, 5.41) is 7.51. The molecular weight excluding hydrogens is 288 g/mol. The normalized spacial score (nSPS) is 12.7. The number of halogens is 1. The van der Waals surface area contributed by atoms with Crippen molar-refractivity contribution in [2.45, 2.75) is 13.0 Å². The van der Waals surface area contributed by atoms with E-state index < -0.39 is 0 Å². The summed E-state index contributed by atoms with van der Waals surface area (Å²) in [5.74, 6) is 0. The number of nitrogens with zero attached hydrogens (tertiary/aromatic N) is 1. The molecule has 0 bridgehead atoms. The molecule has 0 saturated carbocycles. The lowest BCUT2D eigenvalue weighted by Gasteiger charge is -2.18. The van der Waals surface area contributed by atoms with Crippen LogP contribution in [0.15, 0.2) is 48.0 Å². The van der Waals surface area contributed by atoms with Gasteiger partial charge in [0.15, 0.2) is 0 Å². The maximum atomic E-state index is 6.29. The Morgan fingerprint density at radius 1 is 1.30 bits per heavy atom. The van der Waals surface area contributed by atoms with E-state index in [0.717, 1.165) is 27.3 Å². The fraction of sp³-hybridized carbons (Fsp3) is 0.188. The summed E-state index contributed by atoms with van der Waals surface area (Å²) in [6, 6.07) is 12.5. The highest BCUT2D eigenvalue weighted by molar-refractivity contribution is 7.10. The predicted molar refractivity (Wildman–Crippen MR) is 86.6 cm³/mol. The Bertz CT molecular complexity index is 723. The summed E-state index contributed by atoms with van der Waals surface area (Å²) in [6.45, 7) is 2.99. The predicted octanol–water partition coefficient (Wildman–Crippen LogP) is 4.65. The standard InChI is InChI=1S/C16H15ClN2S/c1-2-18-15(16-13(17)7-9-20-16)12-6-5-11-4-3-8-19-14(11)10-12/h3-10,15,18H,2H2,1H3. The molecule has 0 amide bonds. The largest absolute Gasteiger partial charge is 0.306 e. The van der Waals surface area contributed by atoms with E-state index in [1.165, 1.54) is 5.56 Å². The second-order valence-electron chi connectivity index (χ2n) is 4.58. The monoisotopic (exact) mass is 302 g/mol. The smallest absolute Gasteiger partial charge is 0.0705 e. The van der Waals surface area contributed by atoms with Gasteiger partial charge < -0.3 is 5.32 Å². The third-order valence-corrected chi connectivity index (χ3v) is 4.70. The van der Waals surface area contributed by atoms with Crippen LogP contribution in [-0.4, -0.2) is 11.5 Å². The fourth-order valence-corrected chi connectivity index (χ4v) is 3.61. The Kier molecular flexibility index (Phi) is 4.01. The molecule has 2 heterocycles. The van der Waals surface area contributed by atoms with Crippen LogP contribution >= 0.6 is 22.9 Å². The zero-order valence-electron chi connectivity index (χ0n) is 11.1. The van der Waals surface area contributed by atoms with Crippen LogP contribution < -0.4 is 5.32 Å². The van der Waals surface area contributed by atoms with Gasteiger partial charge in [-0.15, -0.1) is 11.3 Å². The Balaban J connectivity index is 2.07. The molecule has 1 N–H and O–H groups in total. The van der Waals surface area contributed by atoms with Gasteiger partial charge in [-0.25, -0.2) is 0 Å². The molecule has 102 valence electrons. The topological polar surface area (TPSA) is 24.9 Å². The number of hydrogen-bond donors (Lipinski definition) is 1. The molecule has 3 aromatic rings. The van der Waals surface area contributed by atoms with E-state index in [9.17, 15) is 0 Å². The van der Waals surface area contributed by atoms with E-state index in [-0.39, 0.29) is 6.04 Å². The van der Waals surface area contributed by atoms with Crippen molar-refractivity contribution in [3.05, 3.63) is 63.4 Å². The van der Waals surface area contributed by atoms with Crippen LogP contribution in [0.3, 0.4) is 0 Å². The number of nitrogens with one attached hydrogen (secondary N) is 1. The van der Waals surface area contributed by atoms with Crippen LogP contribution in [0, 0.1) is 0 Å². The average Bonchev–Trinajstić information content (AvgIpc) is 2.90. The van der Waals surface area contributed by atoms with Gasteiger partial charge in [-0.2, -0.15) is 0 Å². The van der Waals surface area contributed by atoms with Crippen LogP contribution in [0.4, 0.5) is 0 Å². The Labute approximate surface area is 127 Å². The maximum Gasteiger partial charge on any atom is 0.0705 e. The molecule has 0 fully saturated rings. The lowest BCUT2D eigenvalue weighted by molar-refractivity contribution is 0.640. The Morgan fingerprint density at radius 3 is 2.95 bits per heavy atom. The van der Waals surface area contributed by atoms with Gasteiger partial charge in [0.05, 0.1) is 16.6 Å². The summed E-state index contributed by atoms with van der Waals surface area (Å²) < 4.78 is 0. The third kappa shape index (κ3) is 2.57. The zero-order chi connectivity index (χ0) is 13.9. The van der Waals surface area contributed by atoms with Crippen molar-refractivity contribution >= 4 is 33.8 Å². The highest BCUT2D eigenvalue weighted by Gasteiger charge is 2.17. The Hall–Kier alpha value is -1.42. The molecule has 2 nitrogen and oxygen atoms in total. The van der Waals surface area contributed by atoms with Gasteiger partial charge in [0.2, 0.25) is 0 Å². The summed E-state index contributed by atoms with van der Waals surface area (Å²) in [5.41, 5.74) is 2.21. The molecule has 1 aromatic carbocycles. The van der Waals surface area contributed by atoms with E-state index in [1.807, 2.05) is 23.7 Å². The first-order chi connectivity index (χ1) is 9.79. The molecule has 0 aliphatic heterocycles. The number of fused-ring (bicyclic) bond motifs is 1. The van der Waals surface area contributed by atoms with Crippen molar-refractivity contribution in [3.8, 4) is 0 Å². The van der Waals surface area contributed by atoms with E-state index in [0.29, 0.717) is 0 Å². The first-order valence-corrected chi connectivity index (χ1v) is 7.86. The minimum Gasteiger partial charge on any atom is -0.306 e. The van der Waals surface area contributed by atoms with Crippen LogP contribution in [0.25, 0.3) is 10.9 Å². The molecule has 0 aliphatic rings. The fourth-order valence-electron chi connectivity index (χ4n) is 2.34. The number of rotatable bonds is 4. The molecule has 1 atom stereocenters. The first-order valence-electron chi connectivity index (χ1n) is 6.60. The molecule has 0 saturated heterocycles. The molecule has 3 rings (SSSR count). The van der Waals surface area contributed by atoms with Gasteiger partial charge in [0.1, 0.15) is 0 Å².